The van der Waals surface area contributed by atoms with Gasteiger partial charge in [0.2, 0.25) is 0 Å². The highest BCUT2D eigenvalue weighted by molar-refractivity contribution is 4.93. The van der Waals surface area contributed by atoms with Crippen molar-refractivity contribution in [1.29, 1.82) is 0 Å². The molecule has 1 rings (SSSR count). The molecule has 5 nitrogen and oxygen atoms in total. The molecule has 0 spiro atoms. The molecule has 0 amide bonds. The standard InChI is InChI=1S/C7H14N4O/c1-5(2)11-4-9-10-7(11)6(12)3-8/h4-6,12H,3,8H2,1-2H3/t6-/m0/s1. The number of aliphatic hydroxyl groups excluding tert-OH is 1. The molecule has 1 heterocycles. The molecule has 3 N–H and O–H groups in total. The summed E-state index contributed by atoms with van der Waals surface area (Å²) in [6.07, 6.45) is 0.883. The van der Waals surface area contributed by atoms with E-state index in [1.165, 1.54) is 0 Å². The van der Waals surface area contributed by atoms with Crippen LogP contribution in [0.25, 0.3) is 0 Å². The second kappa shape index (κ2) is 3.64. The maximum atomic E-state index is 9.40. The summed E-state index contributed by atoms with van der Waals surface area (Å²) in [5, 5.41) is 16.9. The van der Waals surface area contributed by atoms with Crippen LogP contribution < -0.4 is 5.73 Å². The molecule has 1 aromatic heterocycles. The summed E-state index contributed by atoms with van der Waals surface area (Å²) in [7, 11) is 0. The number of hydrogen-bond donors (Lipinski definition) is 2. The zero-order chi connectivity index (χ0) is 9.14. The molecule has 5 heteroatoms. The van der Waals surface area contributed by atoms with E-state index < -0.39 is 6.10 Å². The number of aliphatic hydroxyl groups is 1. The van der Waals surface area contributed by atoms with Gasteiger partial charge in [0.1, 0.15) is 12.4 Å². The lowest BCUT2D eigenvalue weighted by molar-refractivity contribution is 0.169. The molecule has 0 aromatic carbocycles. The van der Waals surface area contributed by atoms with Gasteiger partial charge in [0, 0.05) is 12.6 Å². The van der Waals surface area contributed by atoms with Crippen LogP contribution in [0.2, 0.25) is 0 Å². The quantitative estimate of drug-likeness (QED) is 0.661. The van der Waals surface area contributed by atoms with E-state index in [2.05, 4.69) is 10.2 Å². The van der Waals surface area contributed by atoms with Gasteiger partial charge in [-0.3, -0.25) is 0 Å². The van der Waals surface area contributed by atoms with Crippen LogP contribution in [-0.4, -0.2) is 26.4 Å². The molecule has 1 atom stereocenters. The van der Waals surface area contributed by atoms with Crippen LogP contribution >= 0.6 is 0 Å². The second-order valence-electron chi connectivity index (χ2n) is 2.94. The SMILES string of the molecule is CC(C)n1cnnc1[C@@H](O)CN. The number of nitrogens with zero attached hydrogens (tertiary/aromatic N) is 3. The van der Waals surface area contributed by atoms with Crippen molar-refractivity contribution in [2.75, 3.05) is 6.54 Å². The molecule has 0 saturated heterocycles. The smallest absolute Gasteiger partial charge is 0.163 e. The average molecular weight is 170 g/mol. The van der Waals surface area contributed by atoms with E-state index in [1.54, 1.807) is 10.9 Å². The highest BCUT2D eigenvalue weighted by Gasteiger charge is 2.14. The third-order valence-electron chi connectivity index (χ3n) is 1.68. The Kier molecular flexibility index (Phi) is 2.78. The first-order valence-corrected chi connectivity index (χ1v) is 3.94. The van der Waals surface area contributed by atoms with Crippen molar-refractivity contribution in [3.05, 3.63) is 12.2 Å². The number of hydrogen-bond acceptors (Lipinski definition) is 4. The van der Waals surface area contributed by atoms with Gasteiger partial charge in [-0.1, -0.05) is 0 Å². The van der Waals surface area contributed by atoms with Gasteiger partial charge < -0.3 is 15.4 Å². The Morgan fingerprint density at radius 1 is 1.67 bits per heavy atom. The Morgan fingerprint density at radius 3 is 2.83 bits per heavy atom. The van der Waals surface area contributed by atoms with Crippen molar-refractivity contribution < 1.29 is 5.11 Å². The molecule has 1 aromatic rings. The second-order valence-corrected chi connectivity index (χ2v) is 2.94. The molecular formula is C7H14N4O. The Bertz CT molecular complexity index is 245. The maximum absolute atomic E-state index is 9.40. The summed E-state index contributed by atoms with van der Waals surface area (Å²) < 4.78 is 1.80. The normalized spacial score (nSPS) is 13.8. The molecule has 68 valence electrons. The van der Waals surface area contributed by atoms with E-state index >= 15 is 0 Å². The number of rotatable bonds is 3. The predicted molar refractivity (Wildman–Crippen MR) is 44.4 cm³/mol. The van der Waals surface area contributed by atoms with Crippen molar-refractivity contribution in [2.24, 2.45) is 5.73 Å². The topological polar surface area (TPSA) is 77.0 Å². The molecule has 0 aliphatic carbocycles. The van der Waals surface area contributed by atoms with Gasteiger partial charge in [-0.25, -0.2) is 0 Å². The lowest BCUT2D eigenvalue weighted by Crippen LogP contribution is -2.17. The van der Waals surface area contributed by atoms with Gasteiger partial charge in [-0.05, 0) is 13.8 Å². The van der Waals surface area contributed by atoms with Crippen molar-refractivity contribution in [1.82, 2.24) is 14.8 Å². The molecule has 0 bridgehead atoms. The summed E-state index contributed by atoms with van der Waals surface area (Å²) in [6.45, 7) is 4.16. The van der Waals surface area contributed by atoms with E-state index in [9.17, 15) is 5.11 Å². The van der Waals surface area contributed by atoms with Crippen LogP contribution in [0.3, 0.4) is 0 Å². The van der Waals surface area contributed by atoms with E-state index in [4.69, 9.17) is 5.73 Å². The third-order valence-corrected chi connectivity index (χ3v) is 1.68. The van der Waals surface area contributed by atoms with Crippen molar-refractivity contribution in [2.45, 2.75) is 26.0 Å². The summed E-state index contributed by atoms with van der Waals surface area (Å²) >= 11 is 0. The van der Waals surface area contributed by atoms with Crippen LogP contribution in [0.5, 0.6) is 0 Å². The molecular weight excluding hydrogens is 156 g/mol. The van der Waals surface area contributed by atoms with E-state index in [0.29, 0.717) is 5.82 Å². The first-order chi connectivity index (χ1) is 5.66. The number of nitrogens with two attached hydrogens (primary N) is 1. The monoisotopic (exact) mass is 170 g/mol. The lowest BCUT2D eigenvalue weighted by Gasteiger charge is -2.12. The van der Waals surface area contributed by atoms with Crippen molar-refractivity contribution in [3.63, 3.8) is 0 Å². The fraction of sp³-hybridized carbons (Fsp3) is 0.714. The molecule has 0 aliphatic heterocycles. The Labute approximate surface area is 71.2 Å². The lowest BCUT2D eigenvalue weighted by atomic mass is 10.3. The van der Waals surface area contributed by atoms with Crippen molar-refractivity contribution >= 4 is 0 Å². The molecule has 0 aliphatic rings. The van der Waals surface area contributed by atoms with Gasteiger partial charge in [-0.2, -0.15) is 0 Å². The first-order valence-electron chi connectivity index (χ1n) is 3.94. The predicted octanol–water partition coefficient (Wildman–Crippen LogP) is -0.149. The van der Waals surface area contributed by atoms with E-state index in [1.807, 2.05) is 13.8 Å². The minimum atomic E-state index is -0.713. The van der Waals surface area contributed by atoms with Crippen LogP contribution in [-0.2, 0) is 0 Å². The van der Waals surface area contributed by atoms with Crippen LogP contribution in [0.15, 0.2) is 6.33 Å². The zero-order valence-corrected chi connectivity index (χ0v) is 7.31. The summed E-state index contributed by atoms with van der Waals surface area (Å²) in [5.41, 5.74) is 5.30. The first kappa shape index (κ1) is 9.15. The maximum Gasteiger partial charge on any atom is 0.163 e. The number of aromatic nitrogens is 3. The van der Waals surface area contributed by atoms with Gasteiger partial charge in [0.05, 0.1) is 0 Å². The van der Waals surface area contributed by atoms with E-state index in [-0.39, 0.29) is 12.6 Å². The largest absolute Gasteiger partial charge is 0.384 e. The van der Waals surface area contributed by atoms with Gasteiger partial charge >= 0.3 is 0 Å². The highest BCUT2D eigenvalue weighted by Crippen LogP contribution is 2.12. The molecule has 0 fully saturated rings. The van der Waals surface area contributed by atoms with Crippen LogP contribution in [0.1, 0.15) is 31.8 Å². The van der Waals surface area contributed by atoms with Crippen LogP contribution in [0, 0.1) is 0 Å². The Morgan fingerprint density at radius 2 is 2.33 bits per heavy atom. The zero-order valence-electron chi connectivity index (χ0n) is 7.31. The van der Waals surface area contributed by atoms with E-state index in [0.717, 1.165) is 0 Å². The fourth-order valence-electron chi connectivity index (χ4n) is 0.993. The van der Waals surface area contributed by atoms with Gasteiger partial charge in [0.25, 0.3) is 0 Å². The minimum Gasteiger partial charge on any atom is -0.384 e. The van der Waals surface area contributed by atoms with Gasteiger partial charge in [-0.15, -0.1) is 10.2 Å². The molecule has 0 saturated carbocycles. The third kappa shape index (κ3) is 1.62. The van der Waals surface area contributed by atoms with Crippen molar-refractivity contribution in [3.8, 4) is 0 Å². The Hall–Kier alpha value is -0.940. The molecule has 0 unspecified atom stereocenters. The Balaban J connectivity index is 2.91. The highest BCUT2D eigenvalue weighted by atomic mass is 16.3. The summed E-state index contributed by atoms with van der Waals surface area (Å²) in [5.74, 6) is 0.535. The summed E-state index contributed by atoms with van der Waals surface area (Å²) in [4.78, 5) is 0. The van der Waals surface area contributed by atoms with Crippen LogP contribution in [0.4, 0.5) is 0 Å². The summed E-state index contributed by atoms with van der Waals surface area (Å²) in [6, 6.07) is 0.246. The molecule has 12 heavy (non-hydrogen) atoms. The minimum absolute atomic E-state index is 0.172. The average Bonchev–Trinajstić information content (AvgIpc) is 2.50. The van der Waals surface area contributed by atoms with Gasteiger partial charge in [0.15, 0.2) is 5.82 Å². The fourth-order valence-corrected chi connectivity index (χ4v) is 0.993. The molecule has 0 radical (unpaired) electrons.